The average molecular weight is 244 g/mol. The topological polar surface area (TPSA) is 80.8 Å². The molecular weight excluding hydrogens is 228 g/mol. The number of anilines is 2. The van der Waals surface area contributed by atoms with E-state index in [4.69, 9.17) is 5.73 Å². The summed E-state index contributed by atoms with van der Waals surface area (Å²) in [6.45, 7) is 2.64. The third-order valence-corrected chi connectivity index (χ3v) is 3.07. The third kappa shape index (κ3) is 2.14. The van der Waals surface area contributed by atoms with Crippen molar-refractivity contribution in [3.05, 3.63) is 36.3 Å². The van der Waals surface area contributed by atoms with Gasteiger partial charge < -0.3 is 16.4 Å². The van der Waals surface area contributed by atoms with Crippen LogP contribution in [0, 0.1) is 0 Å². The number of nitrogens with zero attached hydrogens (tertiary/aromatic N) is 3. The molecule has 0 saturated carbocycles. The van der Waals surface area contributed by atoms with Crippen LogP contribution >= 0.6 is 0 Å². The molecule has 0 unspecified atom stereocenters. The van der Waals surface area contributed by atoms with E-state index in [2.05, 4.69) is 20.7 Å². The first-order valence-corrected chi connectivity index (χ1v) is 6.01. The van der Waals surface area contributed by atoms with Crippen LogP contribution in [0.4, 0.5) is 11.5 Å². The number of pyridine rings is 1. The van der Waals surface area contributed by atoms with Gasteiger partial charge in [-0.05, 0) is 12.1 Å². The second-order valence-electron chi connectivity index (χ2n) is 4.41. The molecule has 1 fully saturated rings. The van der Waals surface area contributed by atoms with Gasteiger partial charge in [0.15, 0.2) is 0 Å². The van der Waals surface area contributed by atoms with E-state index in [1.165, 1.54) is 0 Å². The Morgan fingerprint density at radius 2 is 2.28 bits per heavy atom. The highest BCUT2D eigenvalue weighted by Crippen LogP contribution is 2.17. The molecule has 0 aromatic carbocycles. The zero-order valence-electron chi connectivity index (χ0n) is 10.0. The van der Waals surface area contributed by atoms with Crippen LogP contribution in [0.15, 0.2) is 30.6 Å². The first-order valence-electron chi connectivity index (χ1n) is 6.01. The lowest BCUT2D eigenvalue weighted by Gasteiger charge is -2.28. The Bertz CT molecular complexity index is 514. The summed E-state index contributed by atoms with van der Waals surface area (Å²) in [5, 5.41) is 10.9. The van der Waals surface area contributed by atoms with Crippen molar-refractivity contribution in [2.45, 2.75) is 12.6 Å². The quantitative estimate of drug-likeness (QED) is 0.734. The van der Waals surface area contributed by atoms with E-state index >= 15 is 0 Å². The van der Waals surface area contributed by atoms with Crippen molar-refractivity contribution in [3.8, 4) is 0 Å². The Morgan fingerprint density at radius 3 is 2.94 bits per heavy atom. The minimum Gasteiger partial charge on any atom is -0.397 e. The van der Waals surface area contributed by atoms with Gasteiger partial charge in [-0.3, -0.25) is 4.98 Å². The highest BCUT2D eigenvalue weighted by molar-refractivity contribution is 5.38. The molecule has 6 nitrogen and oxygen atoms in total. The SMILES string of the molecule is Nc1ccc(CNc2ccnn2C2CNC2)nc1. The van der Waals surface area contributed by atoms with Crippen molar-refractivity contribution >= 4 is 11.5 Å². The molecule has 1 saturated heterocycles. The summed E-state index contributed by atoms with van der Waals surface area (Å²) in [6, 6.07) is 6.22. The number of nitrogens with two attached hydrogens (primary N) is 1. The summed E-state index contributed by atoms with van der Waals surface area (Å²) < 4.78 is 2.02. The molecule has 0 aliphatic carbocycles. The maximum absolute atomic E-state index is 5.60. The van der Waals surface area contributed by atoms with Crippen LogP contribution in [-0.2, 0) is 6.54 Å². The van der Waals surface area contributed by atoms with Crippen molar-refractivity contribution in [2.24, 2.45) is 0 Å². The summed E-state index contributed by atoms with van der Waals surface area (Å²) in [6.07, 6.45) is 3.49. The Kier molecular flexibility index (Phi) is 2.85. The maximum atomic E-state index is 5.60. The molecule has 1 aliphatic rings. The van der Waals surface area contributed by atoms with Crippen LogP contribution in [0.5, 0.6) is 0 Å². The second kappa shape index (κ2) is 4.66. The fraction of sp³-hybridized carbons (Fsp3) is 0.333. The molecular formula is C12H16N6. The van der Waals surface area contributed by atoms with E-state index in [1.807, 2.05) is 29.1 Å². The molecule has 0 amide bonds. The molecule has 0 bridgehead atoms. The first-order chi connectivity index (χ1) is 8.83. The van der Waals surface area contributed by atoms with Gasteiger partial charge in [0.2, 0.25) is 0 Å². The number of nitrogen functional groups attached to an aromatic ring is 1. The van der Waals surface area contributed by atoms with E-state index in [-0.39, 0.29) is 0 Å². The lowest BCUT2D eigenvalue weighted by atomic mass is 10.2. The fourth-order valence-corrected chi connectivity index (χ4v) is 1.91. The largest absolute Gasteiger partial charge is 0.397 e. The molecule has 3 heterocycles. The summed E-state index contributed by atoms with van der Waals surface area (Å²) in [5.74, 6) is 1.03. The van der Waals surface area contributed by atoms with E-state index in [0.29, 0.717) is 18.3 Å². The van der Waals surface area contributed by atoms with Crippen molar-refractivity contribution in [1.29, 1.82) is 0 Å². The van der Waals surface area contributed by atoms with Gasteiger partial charge in [-0.25, -0.2) is 4.68 Å². The van der Waals surface area contributed by atoms with Crippen LogP contribution in [0.25, 0.3) is 0 Å². The van der Waals surface area contributed by atoms with Gasteiger partial charge >= 0.3 is 0 Å². The molecule has 3 rings (SSSR count). The van der Waals surface area contributed by atoms with Crippen LogP contribution in [0.1, 0.15) is 11.7 Å². The predicted octanol–water partition coefficient (Wildman–Crippen LogP) is 0.617. The zero-order valence-corrected chi connectivity index (χ0v) is 10.0. The number of rotatable bonds is 4. The third-order valence-electron chi connectivity index (χ3n) is 3.07. The minimum absolute atomic E-state index is 0.460. The van der Waals surface area contributed by atoms with E-state index in [1.54, 1.807) is 6.20 Å². The van der Waals surface area contributed by atoms with E-state index < -0.39 is 0 Å². The van der Waals surface area contributed by atoms with Crippen molar-refractivity contribution in [3.63, 3.8) is 0 Å². The molecule has 94 valence electrons. The second-order valence-corrected chi connectivity index (χ2v) is 4.41. The first kappa shape index (κ1) is 11.0. The van der Waals surface area contributed by atoms with E-state index in [0.717, 1.165) is 24.6 Å². The van der Waals surface area contributed by atoms with E-state index in [9.17, 15) is 0 Å². The summed E-state index contributed by atoms with van der Waals surface area (Å²) in [5.41, 5.74) is 7.25. The van der Waals surface area contributed by atoms with Crippen molar-refractivity contribution in [1.82, 2.24) is 20.1 Å². The van der Waals surface area contributed by atoms with Gasteiger partial charge in [0.05, 0.1) is 36.4 Å². The predicted molar refractivity (Wildman–Crippen MR) is 70.1 cm³/mol. The monoisotopic (exact) mass is 244 g/mol. The van der Waals surface area contributed by atoms with Gasteiger partial charge in [0, 0.05) is 19.2 Å². The zero-order chi connectivity index (χ0) is 12.4. The molecule has 2 aromatic rings. The Morgan fingerprint density at radius 1 is 1.39 bits per heavy atom. The van der Waals surface area contributed by atoms with Gasteiger partial charge in [-0.1, -0.05) is 0 Å². The standard InChI is InChI=1S/C12H16N6/c13-9-1-2-10(15-5-9)6-16-12-3-4-17-18(12)11-7-14-8-11/h1-5,11,14,16H,6-8,13H2. The molecule has 0 atom stereocenters. The van der Waals surface area contributed by atoms with Gasteiger partial charge in [-0.15, -0.1) is 0 Å². The molecule has 6 heteroatoms. The van der Waals surface area contributed by atoms with Gasteiger partial charge in [-0.2, -0.15) is 5.10 Å². The lowest BCUT2D eigenvalue weighted by molar-refractivity contribution is 0.321. The summed E-state index contributed by atoms with van der Waals surface area (Å²) in [4.78, 5) is 4.26. The number of aromatic nitrogens is 3. The van der Waals surface area contributed by atoms with Crippen LogP contribution in [-0.4, -0.2) is 27.9 Å². The average Bonchev–Trinajstić information content (AvgIpc) is 2.74. The fourth-order valence-electron chi connectivity index (χ4n) is 1.91. The van der Waals surface area contributed by atoms with Crippen molar-refractivity contribution < 1.29 is 0 Å². The highest BCUT2D eigenvalue weighted by atomic mass is 15.4. The molecule has 0 spiro atoms. The van der Waals surface area contributed by atoms with Crippen LogP contribution < -0.4 is 16.4 Å². The molecule has 0 radical (unpaired) electrons. The van der Waals surface area contributed by atoms with Crippen LogP contribution in [0.2, 0.25) is 0 Å². The van der Waals surface area contributed by atoms with Gasteiger partial charge in [0.25, 0.3) is 0 Å². The summed E-state index contributed by atoms with van der Waals surface area (Å²) >= 11 is 0. The normalized spacial score (nSPS) is 15.3. The highest BCUT2D eigenvalue weighted by Gasteiger charge is 2.21. The Hall–Kier alpha value is -2.08. The molecule has 18 heavy (non-hydrogen) atoms. The minimum atomic E-state index is 0.460. The number of hydrogen-bond acceptors (Lipinski definition) is 5. The number of nitrogens with one attached hydrogen (secondary N) is 2. The van der Waals surface area contributed by atoms with Crippen LogP contribution in [0.3, 0.4) is 0 Å². The van der Waals surface area contributed by atoms with Crippen molar-refractivity contribution in [2.75, 3.05) is 24.1 Å². The molecule has 4 N–H and O–H groups in total. The molecule has 2 aromatic heterocycles. The van der Waals surface area contributed by atoms with Gasteiger partial charge in [0.1, 0.15) is 5.82 Å². The Labute approximate surface area is 105 Å². The maximum Gasteiger partial charge on any atom is 0.124 e. The number of hydrogen-bond donors (Lipinski definition) is 3. The smallest absolute Gasteiger partial charge is 0.124 e. The summed E-state index contributed by atoms with van der Waals surface area (Å²) in [7, 11) is 0. The lowest BCUT2D eigenvalue weighted by Crippen LogP contribution is -2.44. The molecule has 1 aliphatic heterocycles. The Balaban J connectivity index is 1.66.